The first-order valence-corrected chi connectivity index (χ1v) is 10.1. The molecule has 1 amide bonds. The fraction of sp³-hybridized carbons (Fsp3) is 0.333. The van der Waals surface area contributed by atoms with Crippen LogP contribution < -0.4 is 14.5 Å². The first-order chi connectivity index (χ1) is 14.1. The van der Waals surface area contributed by atoms with Crippen LogP contribution in [0.4, 0.5) is 5.69 Å². The van der Waals surface area contributed by atoms with Crippen LogP contribution in [-0.4, -0.2) is 25.3 Å². The van der Waals surface area contributed by atoms with Crippen molar-refractivity contribution in [3.63, 3.8) is 0 Å². The molecule has 2 aromatic carbocycles. The van der Waals surface area contributed by atoms with Gasteiger partial charge >= 0.3 is 0 Å². The minimum absolute atomic E-state index is 0.135. The molecular formula is C24H28N2O3. The van der Waals surface area contributed by atoms with E-state index >= 15 is 0 Å². The van der Waals surface area contributed by atoms with Crippen LogP contribution in [0.5, 0.6) is 11.5 Å². The number of hydrogen-bond acceptors (Lipinski definition) is 4. The van der Waals surface area contributed by atoms with Crippen LogP contribution in [0.15, 0.2) is 59.2 Å². The number of hydrogen-bond donors (Lipinski definition) is 0. The molecule has 0 saturated carbocycles. The van der Waals surface area contributed by atoms with Gasteiger partial charge < -0.3 is 9.47 Å². The Hall–Kier alpha value is -3.08. The maximum atomic E-state index is 12.9. The summed E-state index contributed by atoms with van der Waals surface area (Å²) < 4.78 is 11.4. The summed E-state index contributed by atoms with van der Waals surface area (Å²) in [7, 11) is 1.63. The molecule has 3 rings (SSSR count). The monoisotopic (exact) mass is 392 g/mol. The second-order valence-corrected chi connectivity index (χ2v) is 7.02. The summed E-state index contributed by atoms with van der Waals surface area (Å²) in [5, 5.41) is 5.86. The maximum Gasteiger partial charge on any atom is 0.280 e. The van der Waals surface area contributed by atoms with Crippen LogP contribution in [0.3, 0.4) is 0 Å². The van der Waals surface area contributed by atoms with Gasteiger partial charge in [-0.05, 0) is 49.2 Å². The van der Waals surface area contributed by atoms with Crippen molar-refractivity contribution >= 4 is 23.4 Å². The second-order valence-electron chi connectivity index (χ2n) is 7.02. The van der Waals surface area contributed by atoms with E-state index in [4.69, 9.17) is 9.47 Å². The number of amides is 1. The predicted octanol–water partition coefficient (Wildman–Crippen LogP) is 5.46. The summed E-state index contributed by atoms with van der Waals surface area (Å²) in [5.74, 6) is 1.25. The van der Waals surface area contributed by atoms with Crippen molar-refractivity contribution in [2.75, 3.05) is 18.7 Å². The van der Waals surface area contributed by atoms with Crippen molar-refractivity contribution in [1.29, 1.82) is 0 Å². The number of anilines is 1. The number of para-hydroxylation sites is 1. The highest BCUT2D eigenvalue weighted by molar-refractivity contribution is 6.32. The van der Waals surface area contributed by atoms with Crippen molar-refractivity contribution in [2.45, 2.75) is 39.5 Å². The molecule has 29 heavy (non-hydrogen) atoms. The number of benzene rings is 2. The Labute approximate surface area is 172 Å². The number of rotatable bonds is 9. The van der Waals surface area contributed by atoms with Crippen LogP contribution in [0.1, 0.15) is 45.1 Å². The topological polar surface area (TPSA) is 51.1 Å². The molecular weight excluding hydrogens is 364 g/mol. The first-order valence-electron chi connectivity index (χ1n) is 10.1. The lowest BCUT2D eigenvalue weighted by atomic mass is 10.1. The lowest BCUT2D eigenvalue weighted by molar-refractivity contribution is -0.114. The molecule has 1 aliphatic heterocycles. The van der Waals surface area contributed by atoms with E-state index in [1.165, 1.54) is 24.3 Å². The van der Waals surface area contributed by atoms with E-state index in [0.29, 0.717) is 23.6 Å². The van der Waals surface area contributed by atoms with E-state index in [1.54, 1.807) is 7.11 Å². The molecule has 0 aromatic heterocycles. The Kier molecular flexibility index (Phi) is 7.06. The molecule has 1 heterocycles. The van der Waals surface area contributed by atoms with Gasteiger partial charge in [0.25, 0.3) is 5.91 Å². The number of carbonyl (C=O) groups is 1. The minimum Gasteiger partial charge on any atom is -0.493 e. The average Bonchev–Trinajstić information content (AvgIpc) is 3.03. The third-order valence-corrected chi connectivity index (χ3v) is 4.82. The highest BCUT2D eigenvalue weighted by Gasteiger charge is 2.28. The number of methoxy groups -OCH3 is 1. The molecule has 0 radical (unpaired) electrons. The molecule has 0 fully saturated rings. The third-order valence-electron chi connectivity index (χ3n) is 4.82. The van der Waals surface area contributed by atoms with E-state index in [1.807, 2.05) is 61.5 Å². The molecule has 0 N–H and O–H groups in total. The standard InChI is InChI=1S/C24H28N2O3/c1-4-5-6-10-15-29-22-14-13-19(17-23(22)28-3)16-21-18(2)25-26(24(21)27)20-11-8-7-9-12-20/h7-9,11-14,16-17H,4-6,10,15H2,1-3H3/b21-16-. The smallest absolute Gasteiger partial charge is 0.280 e. The van der Waals surface area contributed by atoms with Gasteiger partial charge in [0.15, 0.2) is 11.5 Å². The third kappa shape index (κ3) is 5.05. The van der Waals surface area contributed by atoms with Crippen molar-refractivity contribution in [2.24, 2.45) is 5.10 Å². The molecule has 0 atom stereocenters. The highest BCUT2D eigenvalue weighted by Crippen LogP contribution is 2.30. The molecule has 1 aliphatic rings. The number of ether oxygens (including phenoxy) is 2. The van der Waals surface area contributed by atoms with Crippen LogP contribution in [-0.2, 0) is 4.79 Å². The fourth-order valence-corrected chi connectivity index (χ4v) is 3.20. The Morgan fingerprint density at radius 3 is 2.55 bits per heavy atom. The Balaban J connectivity index is 1.74. The summed E-state index contributed by atoms with van der Waals surface area (Å²) >= 11 is 0. The Morgan fingerprint density at radius 1 is 1.03 bits per heavy atom. The van der Waals surface area contributed by atoms with Crippen LogP contribution in [0.2, 0.25) is 0 Å². The van der Waals surface area contributed by atoms with E-state index in [0.717, 1.165) is 23.4 Å². The molecule has 5 nitrogen and oxygen atoms in total. The van der Waals surface area contributed by atoms with Gasteiger partial charge in [-0.3, -0.25) is 4.79 Å². The summed E-state index contributed by atoms with van der Waals surface area (Å²) in [6.07, 6.45) is 6.47. The lowest BCUT2D eigenvalue weighted by Crippen LogP contribution is -2.21. The van der Waals surface area contributed by atoms with Gasteiger partial charge in [-0.15, -0.1) is 0 Å². The van der Waals surface area contributed by atoms with Gasteiger partial charge in [0, 0.05) is 0 Å². The van der Waals surface area contributed by atoms with Crippen molar-refractivity contribution in [1.82, 2.24) is 0 Å². The molecule has 0 spiro atoms. The number of unbranched alkanes of at least 4 members (excludes halogenated alkanes) is 3. The molecule has 152 valence electrons. The van der Waals surface area contributed by atoms with E-state index in [9.17, 15) is 4.79 Å². The van der Waals surface area contributed by atoms with Gasteiger partial charge in [-0.25, -0.2) is 0 Å². The van der Waals surface area contributed by atoms with Crippen LogP contribution in [0.25, 0.3) is 6.08 Å². The zero-order chi connectivity index (χ0) is 20.6. The zero-order valence-electron chi connectivity index (χ0n) is 17.4. The summed E-state index contributed by atoms with van der Waals surface area (Å²) in [6.45, 7) is 4.71. The molecule has 0 saturated heterocycles. The largest absolute Gasteiger partial charge is 0.493 e. The van der Waals surface area contributed by atoms with E-state index < -0.39 is 0 Å². The van der Waals surface area contributed by atoms with Gasteiger partial charge in [-0.2, -0.15) is 10.1 Å². The summed E-state index contributed by atoms with van der Waals surface area (Å²) in [4.78, 5) is 12.9. The van der Waals surface area contributed by atoms with E-state index in [2.05, 4.69) is 12.0 Å². The highest BCUT2D eigenvalue weighted by atomic mass is 16.5. The number of carbonyl (C=O) groups excluding carboxylic acids is 1. The van der Waals surface area contributed by atoms with Crippen LogP contribution in [0, 0.1) is 0 Å². The fourth-order valence-electron chi connectivity index (χ4n) is 3.20. The average molecular weight is 392 g/mol. The summed E-state index contributed by atoms with van der Waals surface area (Å²) in [5.41, 5.74) is 2.89. The molecule has 2 aromatic rings. The molecule has 0 bridgehead atoms. The Bertz CT molecular complexity index is 904. The second kappa shape index (κ2) is 9.92. The molecule has 5 heteroatoms. The maximum absolute atomic E-state index is 12.9. The lowest BCUT2D eigenvalue weighted by Gasteiger charge is -2.12. The quantitative estimate of drug-likeness (QED) is 0.420. The first kappa shape index (κ1) is 20.6. The van der Waals surface area contributed by atoms with Crippen molar-refractivity contribution < 1.29 is 14.3 Å². The van der Waals surface area contributed by atoms with Crippen molar-refractivity contribution in [3.05, 3.63) is 59.7 Å². The van der Waals surface area contributed by atoms with Gasteiger partial charge in [0.1, 0.15) is 0 Å². The number of hydrazone groups is 1. The molecule has 0 aliphatic carbocycles. The van der Waals surface area contributed by atoms with Gasteiger partial charge in [-0.1, -0.05) is 50.5 Å². The van der Waals surface area contributed by atoms with Gasteiger partial charge in [0.05, 0.1) is 30.7 Å². The van der Waals surface area contributed by atoms with E-state index in [-0.39, 0.29) is 5.91 Å². The van der Waals surface area contributed by atoms with Crippen LogP contribution >= 0.6 is 0 Å². The Morgan fingerprint density at radius 2 is 1.83 bits per heavy atom. The summed E-state index contributed by atoms with van der Waals surface area (Å²) in [6, 6.07) is 15.1. The normalized spacial score (nSPS) is 15.0. The predicted molar refractivity (Wildman–Crippen MR) is 118 cm³/mol. The molecule has 0 unspecified atom stereocenters. The van der Waals surface area contributed by atoms with Gasteiger partial charge in [0.2, 0.25) is 0 Å². The number of nitrogens with zero attached hydrogens (tertiary/aromatic N) is 2. The SMILES string of the molecule is CCCCCCOc1ccc(/C=C2\C(=O)N(c3ccccc3)N=C2C)cc1OC. The zero-order valence-corrected chi connectivity index (χ0v) is 17.4. The minimum atomic E-state index is -0.135. The van der Waals surface area contributed by atoms with Crippen molar-refractivity contribution in [3.8, 4) is 11.5 Å².